The molecule has 2 aromatic rings. The predicted molar refractivity (Wildman–Crippen MR) is 136 cm³/mol. The minimum absolute atomic E-state index is 0.0211. The minimum atomic E-state index is -0.672. The molecule has 0 aromatic heterocycles. The summed E-state index contributed by atoms with van der Waals surface area (Å²) in [6.07, 6.45) is 6.50. The number of carbonyl (C=O) groups excluding carboxylic acids is 3. The van der Waals surface area contributed by atoms with Gasteiger partial charge in [0.25, 0.3) is 0 Å². The standard InChI is InChI=1S/C29H32O8/c1-17-8-7-11-20(30)10-6-4-5-9-18-14-24-27(28(32)26(18)29(33)36-17)23(16-25(31)37-24)19-12-21(34-2)15-22(13-19)35-3/h5,9,12-15,17,23,32H,4,6-8,10-11,16H2,1-3H3/t17-,23+/m0/s1. The molecule has 37 heavy (non-hydrogen) atoms. The van der Waals surface area contributed by atoms with Crippen LogP contribution in [0.2, 0.25) is 0 Å². The van der Waals surface area contributed by atoms with Crippen molar-refractivity contribution in [2.75, 3.05) is 14.2 Å². The Hall–Kier alpha value is -3.81. The van der Waals surface area contributed by atoms with E-state index in [1.165, 1.54) is 14.2 Å². The Morgan fingerprint density at radius 1 is 0.973 bits per heavy atom. The first kappa shape index (κ1) is 26.3. The molecule has 2 aliphatic heterocycles. The van der Waals surface area contributed by atoms with E-state index in [2.05, 4.69) is 0 Å². The van der Waals surface area contributed by atoms with E-state index < -0.39 is 24.0 Å². The van der Waals surface area contributed by atoms with Crippen molar-refractivity contribution in [2.24, 2.45) is 0 Å². The molecule has 8 nitrogen and oxygen atoms in total. The van der Waals surface area contributed by atoms with Crippen molar-refractivity contribution in [2.45, 2.75) is 63.9 Å². The van der Waals surface area contributed by atoms with Gasteiger partial charge in [-0.3, -0.25) is 9.59 Å². The van der Waals surface area contributed by atoms with Crippen LogP contribution in [0.25, 0.3) is 6.08 Å². The van der Waals surface area contributed by atoms with E-state index >= 15 is 0 Å². The topological polar surface area (TPSA) is 108 Å². The molecule has 4 rings (SSSR count). The van der Waals surface area contributed by atoms with Gasteiger partial charge in [0.15, 0.2) is 0 Å². The SMILES string of the molecule is COc1cc(OC)cc([C@H]2CC(=O)Oc3cc4c(c(O)c32)C(=O)O[C@@H](C)CCCC(=O)CCCC=C4)c1. The van der Waals surface area contributed by atoms with Gasteiger partial charge in [0.05, 0.1) is 26.7 Å². The van der Waals surface area contributed by atoms with Crippen LogP contribution < -0.4 is 14.2 Å². The predicted octanol–water partition coefficient (Wildman–Crippen LogP) is 5.33. The first-order chi connectivity index (χ1) is 17.8. The van der Waals surface area contributed by atoms with Gasteiger partial charge in [-0.15, -0.1) is 0 Å². The third-order valence-electron chi connectivity index (χ3n) is 6.75. The number of ketones is 1. The van der Waals surface area contributed by atoms with E-state index in [0.29, 0.717) is 66.7 Å². The van der Waals surface area contributed by atoms with Crippen LogP contribution in [0, 0.1) is 0 Å². The van der Waals surface area contributed by atoms with Crippen molar-refractivity contribution in [1.82, 2.24) is 0 Å². The molecule has 0 bridgehead atoms. The molecule has 0 aliphatic carbocycles. The summed E-state index contributed by atoms with van der Waals surface area (Å²) in [6.45, 7) is 1.77. The van der Waals surface area contributed by atoms with Gasteiger partial charge in [-0.25, -0.2) is 4.79 Å². The molecule has 0 saturated heterocycles. The summed E-state index contributed by atoms with van der Waals surface area (Å²) < 4.78 is 22.0. The minimum Gasteiger partial charge on any atom is -0.507 e. The average molecular weight is 509 g/mol. The van der Waals surface area contributed by atoms with Gasteiger partial charge in [-0.1, -0.05) is 12.2 Å². The highest BCUT2D eigenvalue weighted by molar-refractivity contribution is 5.98. The first-order valence-electron chi connectivity index (χ1n) is 12.5. The van der Waals surface area contributed by atoms with Crippen LogP contribution in [0.15, 0.2) is 30.3 Å². The van der Waals surface area contributed by atoms with Crippen molar-refractivity contribution < 1.29 is 38.4 Å². The van der Waals surface area contributed by atoms with Crippen LogP contribution in [0.4, 0.5) is 0 Å². The number of hydrogen-bond donors (Lipinski definition) is 1. The Balaban J connectivity index is 1.84. The highest BCUT2D eigenvalue weighted by Gasteiger charge is 2.36. The molecule has 2 aromatic carbocycles. The van der Waals surface area contributed by atoms with Gasteiger partial charge in [0.1, 0.15) is 34.3 Å². The summed E-state index contributed by atoms with van der Waals surface area (Å²) in [5, 5.41) is 11.5. The number of ether oxygens (including phenoxy) is 4. The molecule has 8 heteroatoms. The maximum absolute atomic E-state index is 13.3. The smallest absolute Gasteiger partial charge is 0.342 e. The number of phenols is 1. The summed E-state index contributed by atoms with van der Waals surface area (Å²) in [6, 6.07) is 6.84. The number of phenolic OH excluding ortho intramolecular Hbond substituents is 1. The van der Waals surface area contributed by atoms with Gasteiger partial charge in [0.2, 0.25) is 0 Å². The van der Waals surface area contributed by atoms with E-state index in [4.69, 9.17) is 18.9 Å². The largest absolute Gasteiger partial charge is 0.507 e. The zero-order valence-corrected chi connectivity index (χ0v) is 21.4. The zero-order valence-electron chi connectivity index (χ0n) is 21.4. The van der Waals surface area contributed by atoms with Gasteiger partial charge in [0, 0.05) is 30.4 Å². The van der Waals surface area contributed by atoms with Crippen LogP contribution in [0.3, 0.4) is 0 Å². The molecular weight excluding hydrogens is 476 g/mol. The van der Waals surface area contributed by atoms with E-state index in [-0.39, 0.29) is 29.3 Å². The van der Waals surface area contributed by atoms with Crippen molar-refractivity contribution in [1.29, 1.82) is 0 Å². The summed E-state index contributed by atoms with van der Waals surface area (Å²) in [4.78, 5) is 38.0. The highest BCUT2D eigenvalue weighted by Crippen LogP contribution is 2.48. The summed E-state index contributed by atoms with van der Waals surface area (Å²) >= 11 is 0. The highest BCUT2D eigenvalue weighted by atomic mass is 16.5. The number of esters is 2. The number of cyclic esters (lactones) is 1. The molecule has 1 N–H and O–H groups in total. The van der Waals surface area contributed by atoms with E-state index in [1.54, 1.807) is 37.3 Å². The third-order valence-corrected chi connectivity index (χ3v) is 6.75. The normalized spacial score (nSPS) is 20.7. The first-order valence-corrected chi connectivity index (χ1v) is 12.5. The van der Waals surface area contributed by atoms with Gasteiger partial charge in [-0.05, 0) is 61.9 Å². The second-order valence-electron chi connectivity index (χ2n) is 9.42. The number of methoxy groups -OCH3 is 2. The second kappa shape index (κ2) is 11.5. The fraction of sp³-hybridized carbons (Fsp3) is 0.414. The summed E-state index contributed by atoms with van der Waals surface area (Å²) in [5.41, 5.74) is 1.41. The fourth-order valence-electron chi connectivity index (χ4n) is 4.83. The van der Waals surface area contributed by atoms with Crippen molar-refractivity contribution in [3.63, 3.8) is 0 Å². The van der Waals surface area contributed by atoms with Crippen LogP contribution in [-0.4, -0.2) is 43.2 Å². The quantitative estimate of drug-likeness (QED) is 0.438. The maximum Gasteiger partial charge on any atom is 0.342 e. The monoisotopic (exact) mass is 508 g/mol. The molecule has 0 unspecified atom stereocenters. The summed E-state index contributed by atoms with van der Waals surface area (Å²) in [5.74, 6) is -0.573. The Morgan fingerprint density at radius 2 is 1.68 bits per heavy atom. The van der Waals surface area contributed by atoms with E-state index in [1.807, 2.05) is 6.08 Å². The Kier molecular flexibility index (Phi) is 8.16. The lowest BCUT2D eigenvalue weighted by Gasteiger charge is -2.28. The molecule has 0 amide bonds. The van der Waals surface area contributed by atoms with Crippen molar-refractivity contribution in [3.05, 3.63) is 52.6 Å². The van der Waals surface area contributed by atoms with Gasteiger partial charge in [-0.2, -0.15) is 0 Å². The molecule has 0 radical (unpaired) electrons. The molecule has 0 fully saturated rings. The average Bonchev–Trinajstić information content (AvgIpc) is 2.86. The molecule has 2 atom stereocenters. The fourth-order valence-corrected chi connectivity index (χ4v) is 4.83. The molecule has 2 aliphatic rings. The molecule has 196 valence electrons. The number of Topliss-reactive ketones (excluding diaryl/α,β-unsaturated/α-hetero) is 1. The Labute approximate surface area is 216 Å². The third kappa shape index (κ3) is 5.96. The van der Waals surface area contributed by atoms with E-state index in [0.717, 1.165) is 0 Å². The number of benzene rings is 2. The zero-order chi connectivity index (χ0) is 26.5. The van der Waals surface area contributed by atoms with Crippen LogP contribution >= 0.6 is 0 Å². The lowest BCUT2D eigenvalue weighted by atomic mass is 9.83. The Morgan fingerprint density at radius 3 is 2.38 bits per heavy atom. The lowest BCUT2D eigenvalue weighted by Crippen LogP contribution is -2.23. The molecule has 0 spiro atoms. The second-order valence-corrected chi connectivity index (χ2v) is 9.42. The number of rotatable bonds is 3. The molecular formula is C29H32O8. The number of hydrogen-bond acceptors (Lipinski definition) is 8. The summed E-state index contributed by atoms with van der Waals surface area (Å²) in [7, 11) is 3.06. The van der Waals surface area contributed by atoms with Crippen LogP contribution in [0.1, 0.15) is 84.8 Å². The van der Waals surface area contributed by atoms with Crippen molar-refractivity contribution >= 4 is 23.8 Å². The number of carbonyl (C=O) groups is 3. The number of allylic oxidation sites excluding steroid dienone is 1. The van der Waals surface area contributed by atoms with Crippen LogP contribution in [-0.2, 0) is 14.3 Å². The van der Waals surface area contributed by atoms with E-state index in [9.17, 15) is 19.5 Å². The van der Waals surface area contributed by atoms with Gasteiger partial charge >= 0.3 is 11.9 Å². The van der Waals surface area contributed by atoms with Crippen LogP contribution in [0.5, 0.6) is 23.0 Å². The van der Waals surface area contributed by atoms with Gasteiger partial charge < -0.3 is 24.1 Å². The Bertz CT molecular complexity index is 1210. The molecule has 2 heterocycles. The maximum atomic E-state index is 13.3. The number of aromatic hydroxyl groups is 1. The van der Waals surface area contributed by atoms with Crippen molar-refractivity contribution in [3.8, 4) is 23.0 Å². The lowest BCUT2D eigenvalue weighted by molar-refractivity contribution is -0.135. The number of fused-ring (bicyclic) bond motifs is 2. The molecule has 0 saturated carbocycles.